The molecule has 0 bridgehead atoms. The highest BCUT2D eigenvalue weighted by Crippen LogP contribution is 2.35. The first-order valence-electron chi connectivity index (χ1n) is 7.69. The maximum atomic E-state index is 5.57. The SMILES string of the molecule is Cn1cc(CCC2(CNC(C)(C)C)CCOCC2)cn1. The van der Waals surface area contributed by atoms with Gasteiger partial charge in [0, 0.05) is 38.5 Å². The Labute approximate surface area is 122 Å². The van der Waals surface area contributed by atoms with Crippen molar-refractivity contribution in [1.82, 2.24) is 15.1 Å². The summed E-state index contributed by atoms with van der Waals surface area (Å²) in [5.74, 6) is 0. The number of aryl methyl sites for hydroxylation is 2. The van der Waals surface area contributed by atoms with Crippen LogP contribution in [0.5, 0.6) is 0 Å². The van der Waals surface area contributed by atoms with E-state index in [1.54, 1.807) is 0 Å². The minimum absolute atomic E-state index is 0.180. The van der Waals surface area contributed by atoms with Gasteiger partial charge in [0.2, 0.25) is 0 Å². The third kappa shape index (κ3) is 4.60. The van der Waals surface area contributed by atoms with Gasteiger partial charge in [0.05, 0.1) is 6.20 Å². The number of nitrogens with one attached hydrogen (secondary N) is 1. The van der Waals surface area contributed by atoms with Crippen LogP contribution in [0.15, 0.2) is 12.4 Å². The highest BCUT2D eigenvalue weighted by molar-refractivity contribution is 5.05. The van der Waals surface area contributed by atoms with Crippen LogP contribution >= 0.6 is 0 Å². The average Bonchev–Trinajstić information content (AvgIpc) is 2.81. The van der Waals surface area contributed by atoms with E-state index in [1.807, 2.05) is 17.9 Å². The van der Waals surface area contributed by atoms with E-state index in [0.29, 0.717) is 5.41 Å². The minimum atomic E-state index is 0.180. The van der Waals surface area contributed by atoms with Gasteiger partial charge in [-0.2, -0.15) is 5.10 Å². The second-order valence-corrected chi connectivity index (χ2v) is 7.24. The van der Waals surface area contributed by atoms with Gasteiger partial charge in [-0.25, -0.2) is 0 Å². The molecule has 20 heavy (non-hydrogen) atoms. The Morgan fingerprint density at radius 1 is 1.35 bits per heavy atom. The van der Waals surface area contributed by atoms with Gasteiger partial charge in [-0.3, -0.25) is 4.68 Å². The minimum Gasteiger partial charge on any atom is -0.381 e. The third-order valence-corrected chi connectivity index (χ3v) is 4.25. The van der Waals surface area contributed by atoms with Crippen LogP contribution in [0.4, 0.5) is 0 Å². The second kappa shape index (κ2) is 6.27. The van der Waals surface area contributed by atoms with Crippen LogP contribution in [0.1, 0.15) is 45.6 Å². The second-order valence-electron chi connectivity index (χ2n) is 7.24. The Hall–Kier alpha value is -0.870. The summed E-state index contributed by atoms with van der Waals surface area (Å²) in [5.41, 5.74) is 1.90. The van der Waals surface area contributed by atoms with E-state index >= 15 is 0 Å². The molecule has 1 aliphatic rings. The lowest BCUT2D eigenvalue weighted by atomic mass is 9.75. The summed E-state index contributed by atoms with van der Waals surface area (Å²) >= 11 is 0. The van der Waals surface area contributed by atoms with Gasteiger partial charge in [0.15, 0.2) is 0 Å². The summed E-state index contributed by atoms with van der Waals surface area (Å²) in [5, 5.41) is 7.96. The fourth-order valence-electron chi connectivity index (χ4n) is 2.78. The Balaban J connectivity index is 1.95. The van der Waals surface area contributed by atoms with Crippen molar-refractivity contribution in [3.63, 3.8) is 0 Å². The highest BCUT2D eigenvalue weighted by Gasteiger charge is 2.33. The first kappa shape index (κ1) is 15.5. The molecule has 1 aliphatic heterocycles. The van der Waals surface area contributed by atoms with Crippen LogP contribution in [0.25, 0.3) is 0 Å². The summed E-state index contributed by atoms with van der Waals surface area (Å²) in [6.07, 6.45) is 8.77. The summed E-state index contributed by atoms with van der Waals surface area (Å²) in [4.78, 5) is 0. The zero-order valence-electron chi connectivity index (χ0n) is 13.4. The van der Waals surface area contributed by atoms with Crippen LogP contribution in [-0.2, 0) is 18.2 Å². The maximum Gasteiger partial charge on any atom is 0.0521 e. The number of rotatable bonds is 5. The van der Waals surface area contributed by atoms with Crippen LogP contribution in [0.3, 0.4) is 0 Å². The molecule has 114 valence electrons. The lowest BCUT2D eigenvalue weighted by Crippen LogP contribution is -2.46. The molecule has 1 fully saturated rings. The Morgan fingerprint density at radius 2 is 2.05 bits per heavy atom. The monoisotopic (exact) mass is 279 g/mol. The Bertz CT molecular complexity index is 414. The molecule has 0 radical (unpaired) electrons. The molecular formula is C16H29N3O. The molecule has 0 saturated carbocycles. The van der Waals surface area contributed by atoms with E-state index in [4.69, 9.17) is 4.74 Å². The molecule has 0 unspecified atom stereocenters. The lowest BCUT2D eigenvalue weighted by Gasteiger charge is -2.39. The highest BCUT2D eigenvalue weighted by atomic mass is 16.5. The molecule has 1 N–H and O–H groups in total. The molecule has 1 saturated heterocycles. The zero-order valence-corrected chi connectivity index (χ0v) is 13.4. The molecule has 0 spiro atoms. The molecule has 2 heterocycles. The summed E-state index contributed by atoms with van der Waals surface area (Å²) < 4.78 is 7.46. The molecule has 1 aromatic heterocycles. The van der Waals surface area contributed by atoms with E-state index < -0.39 is 0 Å². The van der Waals surface area contributed by atoms with Gasteiger partial charge in [-0.1, -0.05) is 0 Å². The largest absolute Gasteiger partial charge is 0.381 e. The number of nitrogens with zero attached hydrogens (tertiary/aromatic N) is 2. The molecule has 1 aromatic rings. The Kier molecular flexibility index (Phi) is 4.86. The normalized spacial score (nSPS) is 19.2. The van der Waals surface area contributed by atoms with Crippen molar-refractivity contribution >= 4 is 0 Å². The van der Waals surface area contributed by atoms with Crippen molar-refractivity contribution in [1.29, 1.82) is 0 Å². The van der Waals surface area contributed by atoms with Crippen LogP contribution < -0.4 is 5.32 Å². The zero-order chi connectivity index (χ0) is 14.6. The van der Waals surface area contributed by atoms with Gasteiger partial charge in [0.1, 0.15) is 0 Å². The molecule has 4 heteroatoms. The van der Waals surface area contributed by atoms with Crippen molar-refractivity contribution in [2.45, 2.75) is 52.0 Å². The standard InChI is InChI=1S/C16H29N3O/c1-15(2,3)17-13-16(7-9-20-10-8-16)6-5-14-11-18-19(4)12-14/h11-12,17H,5-10,13H2,1-4H3. The van der Waals surface area contributed by atoms with Crippen molar-refractivity contribution in [3.8, 4) is 0 Å². The fraction of sp³-hybridized carbons (Fsp3) is 0.812. The first-order chi connectivity index (χ1) is 9.39. The van der Waals surface area contributed by atoms with Gasteiger partial charge >= 0.3 is 0 Å². The Morgan fingerprint density at radius 3 is 2.60 bits per heavy atom. The van der Waals surface area contributed by atoms with Crippen molar-refractivity contribution in [3.05, 3.63) is 18.0 Å². The van der Waals surface area contributed by atoms with Gasteiger partial charge < -0.3 is 10.1 Å². The quantitative estimate of drug-likeness (QED) is 0.900. The number of hydrogen-bond acceptors (Lipinski definition) is 3. The van der Waals surface area contributed by atoms with Gasteiger partial charge in [-0.15, -0.1) is 0 Å². The molecule has 0 aliphatic carbocycles. The fourth-order valence-corrected chi connectivity index (χ4v) is 2.78. The maximum absolute atomic E-state index is 5.57. The summed E-state index contributed by atoms with van der Waals surface area (Å²) in [6, 6.07) is 0. The average molecular weight is 279 g/mol. The number of hydrogen-bond donors (Lipinski definition) is 1. The summed E-state index contributed by atoms with van der Waals surface area (Å²) in [6.45, 7) is 9.60. The van der Waals surface area contributed by atoms with Crippen molar-refractivity contribution in [2.75, 3.05) is 19.8 Å². The van der Waals surface area contributed by atoms with Crippen LogP contribution in [0, 0.1) is 5.41 Å². The van der Waals surface area contributed by atoms with E-state index in [1.165, 1.54) is 12.0 Å². The molecular weight excluding hydrogens is 250 g/mol. The van der Waals surface area contributed by atoms with E-state index in [2.05, 4.69) is 37.4 Å². The molecule has 0 amide bonds. The van der Waals surface area contributed by atoms with E-state index in [9.17, 15) is 0 Å². The summed E-state index contributed by atoms with van der Waals surface area (Å²) in [7, 11) is 1.98. The van der Waals surface area contributed by atoms with E-state index in [0.717, 1.165) is 39.0 Å². The molecule has 0 aromatic carbocycles. The van der Waals surface area contributed by atoms with Crippen molar-refractivity contribution in [2.24, 2.45) is 12.5 Å². The van der Waals surface area contributed by atoms with E-state index in [-0.39, 0.29) is 5.54 Å². The topological polar surface area (TPSA) is 39.1 Å². The third-order valence-electron chi connectivity index (χ3n) is 4.25. The smallest absolute Gasteiger partial charge is 0.0521 e. The lowest BCUT2D eigenvalue weighted by molar-refractivity contribution is 0.00774. The molecule has 2 rings (SSSR count). The predicted molar refractivity (Wildman–Crippen MR) is 81.8 cm³/mol. The van der Waals surface area contributed by atoms with Crippen LogP contribution in [-0.4, -0.2) is 35.1 Å². The molecule has 4 nitrogen and oxygen atoms in total. The van der Waals surface area contributed by atoms with Gasteiger partial charge in [-0.05, 0) is 57.4 Å². The van der Waals surface area contributed by atoms with Crippen LogP contribution in [0.2, 0.25) is 0 Å². The predicted octanol–water partition coefficient (Wildman–Crippen LogP) is 2.54. The molecule has 0 atom stereocenters. The van der Waals surface area contributed by atoms with Gasteiger partial charge in [0.25, 0.3) is 0 Å². The first-order valence-corrected chi connectivity index (χ1v) is 7.69. The number of ether oxygens (including phenoxy) is 1. The number of aromatic nitrogens is 2. The van der Waals surface area contributed by atoms with Crippen molar-refractivity contribution < 1.29 is 4.74 Å².